The highest BCUT2D eigenvalue weighted by Gasteiger charge is 1.98. The van der Waals surface area contributed by atoms with Gasteiger partial charge in [0.05, 0.1) is 5.75 Å². The number of amidine groups is 1. The Kier molecular flexibility index (Phi) is 4.99. The van der Waals surface area contributed by atoms with Crippen molar-refractivity contribution in [2.24, 2.45) is 10.7 Å². The minimum Gasteiger partial charge on any atom is -0.387 e. The van der Waals surface area contributed by atoms with Gasteiger partial charge < -0.3 is 5.73 Å². The molecule has 0 atom stereocenters. The van der Waals surface area contributed by atoms with Gasteiger partial charge in [0.25, 0.3) is 0 Å². The van der Waals surface area contributed by atoms with Gasteiger partial charge in [0.1, 0.15) is 5.84 Å². The second-order valence-electron chi connectivity index (χ2n) is 3.46. The van der Waals surface area contributed by atoms with Crippen LogP contribution in [0.2, 0.25) is 5.02 Å². The van der Waals surface area contributed by atoms with Crippen LogP contribution in [0.1, 0.15) is 13.8 Å². The number of hydrogen-bond donors (Lipinski definition) is 1. The van der Waals surface area contributed by atoms with Crippen LogP contribution in [0, 0.1) is 0 Å². The molecular formula is C11H15ClN2S. The Morgan fingerprint density at radius 3 is 2.53 bits per heavy atom. The zero-order valence-corrected chi connectivity index (χ0v) is 10.5. The van der Waals surface area contributed by atoms with Gasteiger partial charge in [-0.15, -0.1) is 11.8 Å². The fourth-order valence-corrected chi connectivity index (χ4v) is 1.90. The van der Waals surface area contributed by atoms with E-state index in [0.29, 0.717) is 5.84 Å². The molecule has 0 aromatic heterocycles. The molecule has 2 nitrogen and oxygen atoms in total. The van der Waals surface area contributed by atoms with E-state index in [2.05, 4.69) is 4.99 Å². The average Bonchev–Trinajstić information content (AvgIpc) is 2.16. The number of rotatable bonds is 4. The molecule has 1 aromatic rings. The summed E-state index contributed by atoms with van der Waals surface area (Å²) in [7, 11) is 0. The van der Waals surface area contributed by atoms with Gasteiger partial charge in [-0.05, 0) is 38.1 Å². The number of benzene rings is 1. The van der Waals surface area contributed by atoms with Crippen molar-refractivity contribution in [2.75, 3.05) is 5.75 Å². The van der Waals surface area contributed by atoms with E-state index in [1.54, 1.807) is 11.8 Å². The number of hydrogen-bond acceptors (Lipinski definition) is 2. The predicted octanol–water partition coefficient (Wildman–Crippen LogP) is 3.20. The molecule has 15 heavy (non-hydrogen) atoms. The molecule has 0 aliphatic rings. The lowest BCUT2D eigenvalue weighted by atomic mass is 10.4. The largest absolute Gasteiger partial charge is 0.387 e. The van der Waals surface area contributed by atoms with Gasteiger partial charge in [0, 0.05) is 16.0 Å². The van der Waals surface area contributed by atoms with Crippen molar-refractivity contribution < 1.29 is 0 Å². The molecule has 0 amide bonds. The first-order valence-corrected chi connectivity index (χ1v) is 6.15. The van der Waals surface area contributed by atoms with Crippen LogP contribution in [-0.4, -0.2) is 17.6 Å². The Bertz CT molecular complexity index is 333. The Morgan fingerprint density at radius 1 is 1.40 bits per heavy atom. The Balaban J connectivity index is 2.47. The van der Waals surface area contributed by atoms with Crippen molar-refractivity contribution in [1.29, 1.82) is 0 Å². The van der Waals surface area contributed by atoms with Crippen molar-refractivity contribution >= 4 is 29.2 Å². The topological polar surface area (TPSA) is 38.4 Å². The fraction of sp³-hybridized carbons (Fsp3) is 0.364. The van der Waals surface area contributed by atoms with E-state index in [1.165, 1.54) is 0 Å². The molecule has 0 spiro atoms. The SMILES string of the molecule is CC(C)N=C(N)CSc1ccc(Cl)cc1. The Hall–Kier alpha value is -0.670. The van der Waals surface area contributed by atoms with Crippen LogP contribution in [0.4, 0.5) is 0 Å². The van der Waals surface area contributed by atoms with E-state index in [4.69, 9.17) is 17.3 Å². The minimum atomic E-state index is 0.260. The van der Waals surface area contributed by atoms with Crippen LogP contribution < -0.4 is 5.73 Å². The molecule has 0 aliphatic heterocycles. The van der Waals surface area contributed by atoms with Gasteiger partial charge in [0.2, 0.25) is 0 Å². The first kappa shape index (κ1) is 12.4. The first-order valence-electron chi connectivity index (χ1n) is 4.78. The molecule has 82 valence electrons. The summed E-state index contributed by atoms with van der Waals surface area (Å²) in [4.78, 5) is 5.41. The van der Waals surface area contributed by atoms with Crippen LogP contribution in [0.15, 0.2) is 34.2 Å². The van der Waals surface area contributed by atoms with Crippen molar-refractivity contribution in [3.05, 3.63) is 29.3 Å². The third kappa shape index (κ3) is 5.09. The molecule has 1 rings (SSSR count). The molecular weight excluding hydrogens is 228 g/mol. The van der Waals surface area contributed by atoms with Crippen molar-refractivity contribution in [3.8, 4) is 0 Å². The molecule has 0 unspecified atom stereocenters. The van der Waals surface area contributed by atoms with Crippen LogP contribution in [-0.2, 0) is 0 Å². The number of nitrogens with two attached hydrogens (primary N) is 1. The molecule has 0 saturated carbocycles. The summed E-state index contributed by atoms with van der Waals surface area (Å²) in [5.41, 5.74) is 5.76. The van der Waals surface area contributed by atoms with E-state index < -0.39 is 0 Å². The lowest BCUT2D eigenvalue weighted by Gasteiger charge is -2.03. The highest BCUT2D eigenvalue weighted by Crippen LogP contribution is 2.19. The van der Waals surface area contributed by atoms with Gasteiger partial charge in [-0.3, -0.25) is 4.99 Å². The normalized spacial score (nSPS) is 12.1. The number of halogens is 1. The minimum absolute atomic E-state index is 0.260. The quantitative estimate of drug-likeness (QED) is 0.500. The number of nitrogens with zero attached hydrogens (tertiary/aromatic N) is 1. The van der Waals surface area contributed by atoms with Gasteiger partial charge in [-0.25, -0.2) is 0 Å². The van der Waals surface area contributed by atoms with Gasteiger partial charge in [-0.2, -0.15) is 0 Å². The molecule has 4 heteroatoms. The van der Waals surface area contributed by atoms with E-state index in [0.717, 1.165) is 15.7 Å². The monoisotopic (exact) mass is 242 g/mol. The van der Waals surface area contributed by atoms with E-state index in [-0.39, 0.29) is 6.04 Å². The summed E-state index contributed by atoms with van der Waals surface area (Å²) < 4.78 is 0. The van der Waals surface area contributed by atoms with Crippen LogP contribution in [0.5, 0.6) is 0 Å². The molecule has 2 N–H and O–H groups in total. The highest BCUT2D eigenvalue weighted by molar-refractivity contribution is 8.00. The van der Waals surface area contributed by atoms with Crippen molar-refractivity contribution in [2.45, 2.75) is 24.8 Å². The average molecular weight is 243 g/mol. The molecule has 0 bridgehead atoms. The summed E-state index contributed by atoms with van der Waals surface area (Å²) in [6.07, 6.45) is 0. The standard InChI is InChI=1S/C11H15ClN2S/c1-8(2)14-11(13)7-15-10-5-3-9(12)4-6-10/h3-6,8H,7H2,1-2H3,(H2,13,14). The predicted molar refractivity (Wildman–Crippen MR) is 68.9 cm³/mol. The second kappa shape index (κ2) is 6.03. The van der Waals surface area contributed by atoms with Gasteiger partial charge in [0.15, 0.2) is 0 Å². The third-order valence-electron chi connectivity index (χ3n) is 1.62. The Morgan fingerprint density at radius 2 is 2.00 bits per heavy atom. The maximum absolute atomic E-state index is 5.79. The van der Waals surface area contributed by atoms with Crippen LogP contribution >= 0.6 is 23.4 Å². The molecule has 0 radical (unpaired) electrons. The Labute approximate surface area is 99.9 Å². The fourth-order valence-electron chi connectivity index (χ4n) is 1.06. The smallest absolute Gasteiger partial charge is 0.104 e. The van der Waals surface area contributed by atoms with Gasteiger partial charge in [-0.1, -0.05) is 11.6 Å². The van der Waals surface area contributed by atoms with E-state index in [1.807, 2.05) is 38.1 Å². The summed E-state index contributed by atoms with van der Waals surface area (Å²) in [5, 5.41) is 0.753. The first-order chi connectivity index (χ1) is 7.08. The van der Waals surface area contributed by atoms with E-state index >= 15 is 0 Å². The van der Waals surface area contributed by atoms with Crippen LogP contribution in [0.25, 0.3) is 0 Å². The summed E-state index contributed by atoms with van der Waals surface area (Å²) in [6, 6.07) is 7.97. The summed E-state index contributed by atoms with van der Waals surface area (Å²) >= 11 is 7.45. The van der Waals surface area contributed by atoms with E-state index in [9.17, 15) is 0 Å². The lowest BCUT2D eigenvalue weighted by molar-refractivity contribution is 0.833. The van der Waals surface area contributed by atoms with Gasteiger partial charge >= 0.3 is 0 Å². The third-order valence-corrected chi connectivity index (χ3v) is 2.92. The zero-order valence-electron chi connectivity index (χ0n) is 8.90. The summed E-state index contributed by atoms with van der Waals surface area (Å²) in [6.45, 7) is 4.03. The highest BCUT2D eigenvalue weighted by atomic mass is 35.5. The molecule has 0 saturated heterocycles. The molecule has 0 heterocycles. The zero-order chi connectivity index (χ0) is 11.3. The van der Waals surface area contributed by atoms with Crippen LogP contribution in [0.3, 0.4) is 0 Å². The molecule has 0 aliphatic carbocycles. The maximum Gasteiger partial charge on any atom is 0.104 e. The lowest BCUT2D eigenvalue weighted by Crippen LogP contribution is -2.16. The van der Waals surface area contributed by atoms with Crippen molar-refractivity contribution in [1.82, 2.24) is 0 Å². The molecule has 1 aromatic carbocycles. The van der Waals surface area contributed by atoms with Crippen molar-refractivity contribution in [3.63, 3.8) is 0 Å². The molecule has 0 fully saturated rings. The number of thioether (sulfide) groups is 1. The summed E-state index contributed by atoms with van der Waals surface area (Å²) in [5.74, 6) is 1.41. The maximum atomic E-state index is 5.79. The number of aliphatic imine (C=N–C) groups is 1. The second-order valence-corrected chi connectivity index (χ2v) is 4.94.